The lowest BCUT2D eigenvalue weighted by Crippen LogP contribution is -2.56. The van der Waals surface area contributed by atoms with Crippen LogP contribution in [0.2, 0.25) is 0 Å². The van der Waals surface area contributed by atoms with Gasteiger partial charge in [-0.05, 0) is 19.8 Å². The number of carboxylic acids is 2. The Hall–Kier alpha value is -3.46. The summed E-state index contributed by atoms with van der Waals surface area (Å²) in [6, 6.07) is -5.39. The van der Waals surface area contributed by atoms with Crippen LogP contribution in [-0.4, -0.2) is 88.3 Å². The Morgan fingerprint density at radius 1 is 0.935 bits per heavy atom. The van der Waals surface area contributed by atoms with E-state index in [9.17, 15) is 24.0 Å². The number of rotatable bonds is 14. The number of carbonyl (C=O) groups excluding carboxylic acids is 3. The second kappa shape index (κ2) is 13.7. The molecule has 15 heteroatoms. The Morgan fingerprint density at radius 2 is 1.52 bits per heavy atom. The third-order valence-corrected chi connectivity index (χ3v) is 3.86. The largest absolute Gasteiger partial charge is 0.481 e. The molecule has 3 amide bonds. The van der Waals surface area contributed by atoms with Gasteiger partial charge in [-0.3, -0.25) is 24.2 Å². The predicted octanol–water partition coefficient (Wildman–Crippen LogP) is -4.61. The summed E-state index contributed by atoms with van der Waals surface area (Å²) in [7, 11) is 0. The van der Waals surface area contributed by atoms with Crippen molar-refractivity contribution in [2.24, 2.45) is 22.2 Å². The van der Waals surface area contributed by atoms with Gasteiger partial charge in [-0.2, -0.15) is 0 Å². The zero-order chi connectivity index (χ0) is 24.1. The van der Waals surface area contributed by atoms with Gasteiger partial charge in [-0.15, -0.1) is 0 Å². The molecule has 0 saturated heterocycles. The minimum atomic E-state index is -1.56. The van der Waals surface area contributed by atoms with Crippen LogP contribution in [0.3, 0.4) is 0 Å². The van der Waals surface area contributed by atoms with Crippen LogP contribution in [0, 0.1) is 0 Å². The fraction of sp³-hybridized carbons (Fsp3) is 0.625. The third-order valence-electron chi connectivity index (χ3n) is 3.86. The summed E-state index contributed by atoms with van der Waals surface area (Å²) in [5.41, 5.74) is 15.9. The van der Waals surface area contributed by atoms with E-state index in [1.807, 2.05) is 5.32 Å². The van der Waals surface area contributed by atoms with E-state index in [1.54, 1.807) is 0 Å². The molecule has 0 radical (unpaired) electrons. The maximum Gasteiger partial charge on any atom is 0.328 e. The SMILES string of the molecule is CC(NC(=O)C(CCCN=C(N)N)NC(=O)C(N)CC(=O)O)C(=O)NC(CO)C(=O)O. The van der Waals surface area contributed by atoms with Crippen LogP contribution in [0.4, 0.5) is 0 Å². The van der Waals surface area contributed by atoms with Gasteiger partial charge in [0.05, 0.1) is 19.1 Å². The van der Waals surface area contributed by atoms with Crippen molar-refractivity contribution in [3.63, 3.8) is 0 Å². The molecule has 0 bridgehead atoms. The Balaban J connectivity index is 5.13. The van der Waals surface area contributed by atoms with E-state index in [2.05, 4.69) is 15.6 Å². The summed E-state index contributed by atoms with van der Waals surface area (Å²) < 4.78 is 0. The van der Waals surface area contributed by atoms with Gasteiger partial charge in [0.25, 0.3) is 0 Å². The first-order chi connectivity index (χ1) is 14.4. The molecule has 0 saturated carbocycles. The molecule has 0 heterocycles. The van der Waals surface area contributed by atoms with Crippen LogP contribution in [0.5, 0.6) is 0 Å². The number of aliphatic hydroxyl groups is 1. The number of nitrogens with zero attached hydrogens (tertiary/aromatic N) is 1. The molecule has 4 atom stereocenters. The molecule has 15 nitrogen and oxygen atoms in total. The second-order valence-electron chi connectivity index (χ2n) is 6.53. The molecule has 4 unspecified atom stereocenters. The molecule has 0 rings (SSSR count). The zero-order valence-corrected chi connectivity index (χ0v) is 16.9. The second-order valence-corrected chi connectivity index (χ2v) is 6.53. The minimum Gasteiger partial charge on any atom is -0.481 e. The fourth-order valence-corrected chi connectivity index (χ4v) is 2.19. The molecule has 0 aliphatic rings. The first kappa shape index (κ1) is 27.5. The van der Waals surface area contributed by atoms with Crippen molar-refractivity contribution in [3.8, 4) is 0 Å². The predicted molar refractivity (Wildman–Crippen MR) is 106 cm³/mol. The van der Waals surface area contributed by atoms with Crippen LogP contribution < -0.4 is 33.2 Å². The summed E-state index contributed by atoms with van der Waals surface area (Å²) in [4.78, 5) is 62.0. The van der Waals surface area contributed by atoms with E-state index >= 15 is 0 Å². The highest BCUT2D eigenvalue weighted by atomic mass is 16.4. The lowest BCUT2D eigenvalue weighted by Gasteiger charge is -2.23. The van der Waals surface area contributed by atoms with Crippen LogP contribution in [-0.2, 0) is 24.0 Å². The zero-order valence-electron chi connectivity index (χ0n) is 16.9. The van der Waals surface area contributed by atoms with E-state index in [0.29, 0.717) is 0 Å². The van der Waals surface area contributed by atoms with Crippen LogP contribution >= 0.6 is 0 Å². The van der Waals surface area contributed by atoms with E-state index in [0.717, 1.165) is 0 Å². The molecule has 0 aromatic heterocycles. The first-order valence-electron chi connectivity index (χ1n) is 9.16. The number of guanidine groups is 1. The molecule has 0 spiro atoms. The lowest BCUT2D eigenvalue weighted by atomic mass is 10.1. The number of aliphatic carboxylic acids is 2. The lowest BCUT2D eigenvalue weighted by molar-refractivity contribution is -0.143. The Bertz CT molecular complexity index is 695. The van der Waals surface area contributed by atoms with Crippen molar-refractivity contribution in [2.45, 2.75) is 50.4 Å². The van der Waals surface area contributed by atoms with E-state index in [-0.39, 0.29) is 25.3 Å². The molecule has 0 aromatic rings. The van der Waals surface area contributed by atoms with Gasteiger partial charge in [0, 0.05) is 6.54 Å². The molecule has 0 aromatic carbocycles. The smallest absolute Gasteiger partial charge is 0.328 e. The number of amides is 3. The number of aliphatic imine (C=N–C) groups is 1. The summed E-state index contributed by atoms with van der Waals surface area (Å²) >= 11 is 0. The van der Waals surface area contributed by atoms with Crippen molar-refractivity contribution in [1.82, 2.24) is 16.0 Å². The first-order valence-corrected chi connectivity index (χ1v) is 9.16. The summed E-state index contributed by atoms with van der Waals surface area (Å²) in [6.07, 6.45) is -0.391. The maximum atomic E-state index is 12.5. The number of aliphatic hydroxyl groups excluding tert-OH is 1. The molecular formula is C16H29N7O8. The number of nitrogens with one attached hydrogen (secondary N) is 3. The van der Waals surface area contributed by atoms with Crippen molar-refractivity contribution < 1.29 is 39.3 Å². The molecule has 176 valence electrons. The van der Waals surface area contributed by atoms with Gasteiger partial charge in [-0.1, -0.05) is 0 Å². The quantitative estimate of drug-likeness (QED) is 0.0693. The highest BCUT2D eigenvalue weighted by Crippen LogP contribution is 2.02. The minimum absolute atomic E-state index is 0.0247. The standard InChI is InChI=1S/C16H29N7O8/c1-7(12(27)23-10(6-24)15(30)31)21-14(29)9(3-2-4-20-16(18)19)22-13(28)8(17)5-11(25)26/h7-10,24H,2-6,17H2,1H3,(H,21,29)(H,22,28)(H,23,27)(H,25,26)(H,30,31)(H4,18,19,20). The van der Waals surface area contributed by atoms with Crippen LogP contribution in [0.15, 0.2) is 4.99 Å². The highest BCUT2D eigenvalue weighted by molar-refractivity contribution is 5.94. The van der Waals surface area contributed by atoms with E-state index < -0.39 is 66.9 Å². The monoisotopic (exact) mass is 447 g/mol. The normalized spacial score (nSPS) is 14.3. The molecule has 0 aliphatic heterocycles. The van der Waals surface area contributed by atoms with Crippen LogP contribution in [0.1, 0.15) is 26.2 Å². The topological polar surface area (TPSA) is 273 Å². The van der Waals surface area contributed by atoms with Crippen molar-refractivity contribution in [3.05, 3.63) is 0 Å². The molecule has 0 aliphatic carbocycles. The average Bonchev–Trinajstić information content (AvgIpc) is 2.66. The highest BCUT2D eigenvalue weighted by Gasteiger charge is 2.28. The molecule has 12 N–H and O–H groups in total. The van der Waals surface area contributed by atoms with Crippen molar-refractivity contribution >= 4 is 35.6 Å². The van der Waals surface area contributed by atoms with Gasteiger partial charge in [-0.25, -0.2) is 4.79 Å². The van der Waals surface area contributed by atoms with Gasteiger partial charge in [0.2, 0.25) is 17.7 Å². The maximum absolute atomic E-state index is 12.5. The number of hydrogen-bond donors (Lipinski definition) is 9. The summed E-state index contributed by atoms with van der Waals surface area (Å²) in [5.74, 6) is -5.53. The van der Waals surface area contributed by atoms with E-state index in [1.165, 1.54) is 6.92 Å². The summed E-state index contributed by atoms with van der Waals surface area (Å²) in [5, 5.41) is 33.2. The van der Waals surface area contributed by atoms with E-state index in [4.69, 9.17) is 32.5 Å². The van der Waals surface area contributed by atoms with Gasteiger partial charge in [0.15, 0.2) is 5.96 Å². The third kappa shape index (κ3) is 11.3. The van der Waals surface area contributed by atoms with Crippen molar-refractivity contribution in [2.75, 3.05) is 13.2 Å². The fourth-order valence-electron chi connectivity index (χ4n) is 2.19. The molecular weight excluding hydrogens is 418 g/mol. The van der Waals surface area contributed by atoms with Gasteiger partial charge >= 0.3 is 11.9 Å². The Kier molecular flexibility index (Phi) is 12.2. The average molecular weight is 447 g/mol. The summed E-state index contributed by atoms with van der Waals surface area (Å²) in [6.45, 7) is 0.542. The van der Waals surface area contributed by atoms with Gasteiger partial charge < -0.3 is 48.5 Å². The number of carbonyl (C=O) groups is 5. The van der Waals surface area contributed by atoms with Gasteiger partial charge in [0.1, 0.15) is 18.1 Å². The van der Waals surface area contributed by atoms with Crippen LogP contribution in [0.25, 0.3) is 0 Å². The number of hydrogen-bond acceptors (Lipinski definition) is 8. The molecule has 0 fully saturated rings. The Morgan fingerprint density at radius 3 is 2.00 bits per heavy atom. The molecule has 31 heavy (non-hydrogen) atoms. The van der Waals surface area contributed by atoms with Crippen molar-refractivity contribution in [1.29, 1.82) is 0 Å². The number of nitrogens with two attached hydrogens (primary N) is 3. The Labute approximate surface area is 177 Å². The number of carboxylic acid groups (broad SMARTS) is 2.